The summed E-state index contributed by atoms with van der Waals surface area (Å²) in [6.45, 7) is 0. The molecule has 2 aromatic rings. The van der Waals surface area contributed by atoms with Gasteiger partial charge in [-0.3, -0.25) is 9.10 Å². The van der Waals surface area contributed by atoms with Gasteiger partial charge in [0.1, 0.15) is 0 Å². The van der Waals surface area contributed by atoms with E-state index >= 15 is 0 Å². The second-order valence-corrected chi connectivity index (χ2v) is 8.06. The molecule has 136 valence electrons. The molecule has 1 fully saturated rings. The van der Waals surface area contributed by atoms with E-state index in [9.17, 15) is 18.0 Å². The first-order chi connectivity index (χ1) is 12.4. The number of hydrogen-bond donors (Lipinski definition) is 0. The number of sulfonamides is 1. The standard InChI is InChI=1S/C19H19NO5S/c1-20(15-8-3-2-4-9-15)26(23,24)16-10-5-7-14(13-16)19(22)25-18-12-6-11-17(18)21/h2-5,7-10,13,18H,6,11-12H2,1H3/t18-/m0/s1. The lowest BCUT2D eigenvalue weighted by Gasteiger charge is -2.19. The van der Waals surface area contributed by atoms with Crippen molar-refractivity contribution in [3.8, 4) is 0 Å². The average molecular weight is 373 g/mol. The molecule has 0 saturated heterocycles. The molecule has 0 spiro atoms. The van der Waals surface area contributed by atoms with E-state index in [1.54, 1.807) is 30.3 Å². The molecule has 26 heavy (non-hydrogen) atoms. The summed E-state index contributed by atoms with van der Waals surface area (Å²) in [6.07, 6.45) is 0.899. The Labute approximate surface area is 152 Å². The van der Waals surface area contributed by atoms with Gasteiger partial charge in [0.25, 0.3) is 10.0 Å². The Balaban J connectivity index is 1.84. The zero-order valence-electron chi connectivity index (χ0n) is 14.3. The van der Waals surface area contributed by atoms with Gasteiger partial charge in [-0.2, -0.15) is 0 Å². The second kappa shape index (κ2) is 7.29. The van der Waals surface area contributed by atoms with Gasteiger partial charge in [0.05, 0.1) is 16.1 Å². The summed E-state index contributed by atoms with van der Waals surface area (Å²) in [7, 11) is -2.38. The molecule has 0 aliphatic heterocycles. The minimum Gasteiger partial charge on any atom is -0.451 e. The van der Waals surface area contributed by atoms with E-state index in [4.69, 9.17) is 4.74 Å². The third kappa shape index (κ3) is 3.62. The van der Waals surface area contributed by atoms with Crippen molar-refractivity contribution in [1.82, 2.24) is 0 Å². The summed E-state index contributed by atoms with van der Waals surface area (Å²) in [5.41, 5.74) is 0.615. The van der Waals surface area contributed by atoms with Gasteiger partial charge in [0.15, 0.2) is 11.9 Å². The first-order valence-corrected chi connectivity index (χ1v) is 9.71. The zero-order valence-corrected chi connectivity index (χ0v) is 15.1. The fourth-order valence-electron chi connectivity index (χ4n) is 2.82. The molecule has 7 heteroatoms. The second-order valence-electron chi connectivity index (χ2n) is 6.09. The molecule has 2 aromatic carbocycles. The van der Waals surface area contributed by atoms with E-state index in [-0.39, 0.29) is 16.2 Å². The molecule has 0 aromatic heterocycles. The predicted octanol–water partition coefficient (Wildman–Crippen LogP) is 2.79. The van der Waals surface area contributed by atoms with Crippen LogP contribution >= 0.6 is 0 Å². The molecular weight excluding hydrogens is 354 g/mol. The highest BCUT2D eigenvalue weighted by atomic mass is 32.2. The molecule has 1 atom stereocenters. The third-order valence-electron chi connectivity index (χ3n) is 4.35. The average Bonchev–Trinajstić information content (AvgIpc) is 3.06. The van der Waals surface area contributed by atoms with Crippen LogP contribution in [-0.2, 0) is 19.6 Å². The third-order valence-corrected chi connectivity index (χ3v) is 6.13. The van der Waals surface area contributed by atoms with Gasteiger partial charge in [-0.1, -0.05) is 24.3 Å². The largest absolute Gasteiger partial charge is 0.451 e. The molecule has 0 N–H and O–H groups in total. The Bertz CT molecular complexity index is 924. The normalized spacial score (nSPS) is 17.1. The van der Waals surface area contributed by atoms with Crippen LogP contribution < -0.4 is 4.31 Å². The summed E-state index contributed by atoms with van der Waals surface area (Å²) < 4.78 is 32.0. The van der Waals surface area contributed by atoms with Crippen LogP contribution in [-0.4, -0.2) is 33.3 Å². The molecule has 1 saturated carbocycles. The number of anilines is 1. The van der Waals surface area contributed by atoms with E-state index in [1.165, 1.54) is 31.3 Å². The first-order valence-electron chi connectivity index (χ1n) is 8.27. The number of ketones is 1. The number of nitrogens with zero attached hydrogens (tertiary/aromatic N) is 1. The maximum atomic E-state index is 12.8. The predicted molar refractivity (Wildman–Crippen MR) is 96.5 cm³/mol. The van der Waals surface area contributed by atoms with Gasteiger partial charge in [0.2, 0.25) is 0 Å². The lowest BCUT2D eigenvalue weighted by Crippen LogP contribution is -2.27. The van der Waals surface area contributed by atoms with Gasteiger partial charge in [0, 0.05) is 13.5 Å². The van der Waals surface area contributed by atoms with E-state index in [0.717, 1.165) is 4.31 Å². The number of ether oxygens (including phenoxy) is 1. The molecule has 0 amide bonds. The lowest BCUT2D eigenvalue weighted by molar-refractivity contribution is -0.124. The molecule has 0 unspecified atom stereocenters. The van der Waals surface area contributed by atoms with E-state index < -0.39 is 22.1 Å². The Morgan fingerprint density at radius 3 is 2.50 bits per heavy atom. The van der Waals surface area contributed by atoms with Crippen LogP contribution in [0.2, 0.25) is 0 Å². The fourth-order valence-corrected chi connectivity index (χ4v) is 4.07. The molecule has 0 radical (unpaired) electrons. The molecule has 1 aliphatic carbocycles. The molecule has 1 aliphatic rings. The number of carbonyl (C=O) groups is 2. The monoisotopic (exact) mass is 373 g/mol. The zero-order chi connectivity index (χ0) is 18.7. The molecule has 6 nitrogen and oxygen atoms in total. The quantitative estimate of drug-likeness (QED) is 0.753. The van der Waals surface area contributed by atoms with Crippen molar-refractivity contribution < 1.29 is 22.7 Å². The van der Waals surface area contributed by atoms with Crippen molar-refractivity contribution in [2.45, 2.75) is 30.3 Å². The summed E-state index contributed by atoms with van der Waals surface area (Å²) >= 11 is 0. The van der Waals surface area contributed by atoms with Crippen LogP contribution in [0.25, 0.3) is 0 Å². The number of para-hydroxylation sites is 1. The number of rotatable bonds is 5. The highest BCUT2D eigenvalue weighted by molar-refractivity contribution is 7.92. The molecule has 3 rings (SSSR count). The smallest absolute Gasteiger partial charge is 0.338 e. The topological polar surface area (TPSA) is 80.8 Å². The molecular formula is C19H19NO5S. The van der Waals surface area contributed by atoms with E-state index in [0.29, 0.717) is 24.9 Å². The summed E-state index contributed by atoms with van der Waals surface area (Å²) in [5, 5.41) is 0. The Morgan fingerprint density at radius 1 is 1.12 bits per heavy atom. The van der Waals surface area contributed by atoms with E-state index in [2.05, 4.69) is 0 Å². The van der Waals surface area contributed by atoms with Crippen molar-refractivity contribution in [3.63, 3.8) is 0 Å². The maximum Gasteiger partial charge on any atom is 0.338 e. The minimum atomic E-state index is -3.83. The Hall–Kier alpha value is -2.67. The number of carbonyl (C=O) groups excluding carboxylic acids is 2. The number of Topliss-reactive ketones (excluding diaryl/α,β-unsaturated/α-hetero) is 1. The Morgan fingerprint density at radius 2 is 1.85 bits per heavy atom. The van der Waals surface area contributed by atoms with Crippen LogP contribution in [0.1, 0.15) is 29.6 Å². The van der Waals surface area contributed by atoms with Crippen LogP contribution in [0, 0.1) is 0 Å². The van der Waals surface area contributed by atoms with Gasteiger partial charge < -0.3 is 4.74 Å². The number of benzene rings is 2. The van der Waals surface area contributed by atoms with Crippen LogP contribution in [0.5, 0.6) is 0 Å². The maximum absolute atomic E-state index is 12.8. The number of hydrogen-bond acceptors (Lipinski definition) is 5. The minimum absolute atomic E-state index is 0.0175. The van der Waals surface area contributed by atoms with Crippen molar-refractivity contribution >= 4 is 27.5 Å². The van der Waals surface area contributed by atoms with Crippen molar-refractivity contribution in [1.29, 1.82) is 0 Å². The van der Waals surface area contributed by atoms with Gasteiger partial charge in [-0.25, -0.2) is 13.2 Å². The van der Waals surface area contributed by atoms with Crippen LogP contribution in [0.4, 0.5) is 5.69 Å². The summed E-state index contributed by atoms with van der Waals surface area (Å²) in [4.78, 5) is 23.9. The highest BCUT2D eigenvalue weighted by Crippen LogP contribution is 2.23. The fraction of sp³-hybridized carbons (Fsp3) is 0.263. The van der Waals surface area contributed by atoms with Gasteiger partial charge in [-0.15, -0.1) is 0 Å². The van der Waals surface area contributed by atoms with Gasteiger partial charge in [-0.05, 0) is 43.2 Å². The van der Waals surface area contributed by atoms with Crippen LogP contribution in [0.3, 0.4) is 0 Å². The molecule has 0 bridgehead atoms. The highest BCUT2D eigenvalue weighted by Gasteiger charge is 2.29. The molecule has 0 heterocycles. The van der Waals surface area contributed by atoms with E-state index in [1.807, 2.05) is 0 Å². The summed E-state index contributed by atoms with van der Waals surface area (Å²) in [5.74, 6) is -0.782. The summed E-state index contributed by atoms with van der Waals surface area (Å²) in [6, 6.07) is 14.3. The van der Waals surface area contributed by atoms with Crippen molar-refractivity contribution in [2.75, 3.05) is 11.4 Å². The SMILES string of the molecule is CN(c1ccccc1)S(=O)(=O)c1cccc(C(=O)O[C@H]2CCCC2=O)c1. The van der Waals surface area contributed by atoms with Crippen molar-refractivity contribution in [2.24, 2.45) is 0 Å². The Kier molecular flexibility index (Phi) is 5.08. The lowest BCUT2D eigenvalue weighted by atomic mass is 10.2. The van der Waals surface area contributed by atoms with Crippen LogP contribution in [0.15, 0.2) is 59.5 Å². The number of esters is 1. The van der Waals surface area contributed by atoms with Gasteiger partial charge >= 0.3 is 5.97 Å². The van der Waals surface area contributed by atoms with Crippen molar-refractivity contribution in [3.05, 3.63) is 60.2 Å². The first kappa shape index (κ1) is 18.1.